The van der Waals surface area contributed by atoms with E-state index in [1.54, 1.807) is 25.2 Å². The van der Waals surface area contributed by atoms with Gasteiger partial charge in [-0.1, -0.05) is 29.3 Å². The molecule has 0 N–H and O–H groups in total. The fourth-order valence-corrected chi connectivity index (χ4v) is 1.66. The molecule has 0 aliphatic heterocycles. The van der Waals surface area contributed by atoms with Crippen LogP contribution in [0.1, 0.15) is 12.0 Å². The van der Waals surface area contributed by atoms with Crippen molar-refractivity contribution in [3.8, 4) is 6.07 Å². The number of carbonyl (C=O) groups excluding carboxylic acids is 1. The van der Waals surface area contributed by atoms with Crippen molar-refractivity contribution in [1.82, 2.24) is 4.90 Å². The SMILES string of the molecule is CN(Cc1ccc(Cl)cc1Cl)C(=O)CC#N. The van der Waals surface area contributed by atoms with Gasteiger partial charge >= 0.3 is 0 Å². The van der Waals surface area contributed by atoms with E-state index in [1.165, 1.54) is 4.90 Å². The van der Waals surface area contributed by atoms with Gasteiger partial charge in [0.05, 0.1) is 6.07 Å². The highest BCUT2D eigenvalue weighted by molar-refractivity contribution is 6.35. The van der Waals surface area contributed by atoms with Crippen LogP contribution in [0.3, 0.4) is 0 Å². The predicted molar refractivity (Wildman–Crippen MR) is 63.2 cm³/mol. The number of rotatable bonds is 3. The van der Waals surface area contributed by atoms with E-state index in [1.807, 2.05) is 6.07 Å². The molecule has 0 aromatic heterocycles. The van der Waals surface area contributed by atoms with Crippen molar-refractivity contribution < 1.29 is 4.79 Å². The van der Waals surface area contributed by atoms with Crippen molar-refractivity contribution in [1.29, 1.82) is 5.26 Å². The second kappa shape index (κ2) is 5.74. The number of carbonyl (C=O) groups is 1. The van der Waals surface area contributed by atoms with Gasteiger partial charge in [-0.2, -0.15) is 5.26 Å². The Bertz CT molecular complexity index is 440. The molecule has 0 unspecified atom stereocenters. The van der Waals surface area contributed by atoms with Gasteiger partial charge in [0.25, 0.3) is 0 Å². The minimum atomic E-state index is -0.228. The minimum absolute atomic E-state index is 0.123. The molecule has 1 amide bonds. The topological polar surface area (TPSA) is 44.1 Å². The van der Waals surface area contributed by atoms with Gasteiger partial charge in [0.2, 0.25) is 5.91 Å². The first-order valence-electron chi connectivity index (χ1n) is 4.59. The Kier molecular flexibility index (Phi) is 4.60. The molecule has 0 bridgehead atoms. The van der Waals surface area contributed by atoms with Crippen LogP contribution >= 0.6 is 23.2 Å². The summed E-state index contributed by atoms with van der Waals surface area (Å²) in [4.78, 5) is 12.8. The zero-order valence-electron chi connectivity index (χ0n) is 8.70. The van der Waals surface area contributed by atoms with Gasteiger partial charge in [0.1, 0.15) is 6.42 Å². The number of nitriles is 1. The Labute approximate surface area is 104 Å². The van der Waals surface area contributed by atoms with Crippen LogP contribution in [-0.2, 0) is 11.3 Å². The highest BCUT2D eigenvalue weighted by atomic mass is 35.5. The van der Waals surface area contributed by atoms with E-state index < -0.39 is 0 Å². The normalized spacial score (nSPS) is 9.62. The van der Waals surface area contributed by atoms with E-state index in [2.05, 4.69) is 0 Å². The van der Waals surface area contributed by atoms with Crippen LogP contribution in [0.25, 0.3) is 0 Å². The third-order valence-electron chi connectivity index (χ3n) is 2.08. The molecule has 0 saturated carbocycles. The highest BCUT2D eigenvalue weighted by Gasteiger charge is 2.10. The summed E-state index contributed by atoms with van der Waals surface area (Å²) >= 11 is 11.7. The zero-order chi connectivity index (χ0) is 12.1. The summed E-state index contributed by atoms with van der Waals surface area (Å²) in [5.41, 5.74) is 0.805. The molecule has 0 aliphatic rings. The van der Waals surface area contributed by atoms with Gasteiger partial charge in [-0.15, -0.1) is 0 Å². The Morgan fingerprint density at radius 1 is 1.50 bits per heavy atom. The summed E-state index contributed by atoms with van der Waals surface area (Å²) in [6, 6.07) is 6.92. The highest BCUT2D eigenvalue weighted by Crippen LogP contribution is 2.22. The van der Waals surface area contributed by atoms with Gasteiger partial charge in [-0.05, 0) is 17.7 Å². The average Bonchev–Trinajstić information content (AvgIpc) is 2.22. The molecule has 0 spiro atoms. The second-order valence-corrected chi connectivity index (χ2v) is 4.16. The van der Waals surface area contributed by atoms with Gasteiger partial charge in [0, 0.05) is 23.6 Å². The van der Waals surface area contributed by atoms with Crippen LogP contribution in [0.4, 0.5) is 0 Å². The fraction of sp³-hybridized carbons (Fsp3) is 0.273. The molecule has 0 radical (unpaired) electrons. The van der Waals surface area contributed by atoms with Gasteiger partial charge in [0.15, 0.2) is 0 Å². The first-order valence-corrected chi connectivity index (χ1v) is 5.35. The summed E-state index contributed by atoms with van der Waals surface area (Å²) in [6.45, 7) is 0.372. The first kappa shape index (κ1) is 12.8. The third-order valence-corrected chi connectivity index (χ3v) is 2.67. The number of halogens is 2. The lowest BCUT2D eigenvalue weighted by molar-refractivity contribution is -0.129. The predicted octanol–water partition coefficient (Wildman–Crippen LogP) is 2.87. The third kappa shape index (κ3) is 3.41. The van der Waals surface area contributed by atoms with Gasteiger partial charge in [-0.3, -0.25) is 4.79 Å². The summed E-state index contributed by atoms with van der Waals surface area (Å²) in [6.07, 6.45) is -0.123. The molecule has 0 fully saturated rings. The molecule has 0 heterocycles. The average molecular weight is 257 g/mol. The van der Waals surface area contributed by atoms with Crippen LogP contribution < -0.4 is 0 Å². The second-order valence-electron chi connectivity index (χ2n) is 3.32. The number of hydrogen-bond acceptors (Lipinski definition) is 2. The quantitative estimate of drug-likeness (QED) is 0.835. The summed E-state index contributed by atoms with van der Waals surface area (Å²) in [7, 11) is 1.63. The molecular formula is C11H10Cl2N2O. The maximum Gasteiger partial charge on any atom is 0.236 e. The molecule has 5 heteroatoms. The smallest absolute Gasteiger partial charge is 0.236 e. The molecule has 0 saturated heterocycles. The van der Waals surface area contributed by atoms with Gasteiger partial charge in [-0.25, -0.2) is 0 Å². The summed E-state index contributed by atoms with van der Waals surface area (Å²) < 4.78 is 0. The number of hydrogen-bond donors (Lipinski definition) is 0. The van der Waals surface area contributed by atoms with Crippen LogP contribution in [0.2, 0.25) is 10.0 Å². The zero-order valence-corrected chi connectivity index (χ0v) is 10.2. The van der Waals surface area contributed by atoms with Crippen molar-refractivity contribution in [2.75, 3.05) is 7.05 Å². The van der Waals surface area contributed by atoms with Crippen molar-refractivity contribution >= 4 is 29.1 Å². The molecule has 1 rings (SSSR count). The molecule has 84 valence electrons. The Balaban J connectivity index is 2.74. The molecular weight excluding hydrogens is 247 g/mol. The summed E-state index contributed by atoms with van der Waals surface area (Å²) in [5.74, 6) is -0.228. The van der Waals surface area contributed by atoms with Crippen molar-refractivity contribution in [2.45, 2.75) is 13.0 Å². The number of amides is 1. The van der Waals surface area contributed by atoms with E-state index in [0.29, 0.717) is 16.6 Å². The maximum absolute atomic E-state index is 11.4. The van der Waals surface area contributed by atoms with Crippen molar-refractivity contribution in [3.05, 3.63) is 33.8 Å². The fourth-order valence-electron chi connectivity index (χ4n) is 1.20. The molecule has 3 nitrogen and oxygen atoms in total. The molecule has 0 atom stereocenters. The standard InChI is InChI=1S/C11H10Cl2N2O/c1-15(11(16)4-5-14)7-8-2-3-9(12)6-10(8)13/h2-3,6H,4,7H2,1H3. The van der Waals surface area contributed by atoms with Crippen LogP contribution in [-0.4, -0.2) is 17.9 Å². The Hall–Kier alpha value is -1.24. The first-order chi connectivity index (χ1) is 7.54. The van der Waals surface area contributed by atoms with Crippen molar-refractivity contribution in [3.63, 3.8) is 0 Å². The van der Waals surface area contributed by atoms with E-state index in [9.17, 15) is 4.79 Å². The lowest BCUT2D eigenvalue weighted by atomic mass is 10.2. The van der Waals surface area contributed by atoms with Gasteiger partial charge < -0.3 is 4.90 Å². The molecule has 0 aliphatic carbocycles. The number of benzene rings is 1. The van der Waals surface area contributed by atoms with Crippen LogP contribution in [0, 0.1) is 11.3 Å². The van der Waals surface area contributed by atoms with Crippen molar-refractivity contribution in [2.24, 2.45) is 0 Å². The lowest BCUT2D eigenvalue weighted by Gasteiger charge is -2.16. The maximum atomic E-state index is 11.4. The molecule has 1 aromatic carbocycles. The van der Waals surface area contributed by atoms with E-state index in [4.69, 9.17) is 28.5 Å². The molecule has 1 aromatic rings. The monoisotopic (exact) mass is 256 g/mol. The van der Waals surface area contributed by atoms with Crippen LogP contribution in [0.15, 0.2) is 18.2 Å². The number of nitrogens with zero attached hydrogens (tertiary/aromatic N) is 2. The lowest BCUT2D eigenvalue weighted by Crippen LogP contribution is -2.25. The summed E-state index contributed by atoms with van der Waals surface area (Å²) in [5, 5.41) is 9.47. The van der Waals surface area contributed by atoms with E-state index in [-0.39, 0.29) is 12.3 Å². The Morgan fingerprint density at radius 3 is 2.75 bits per heavy atom. The molecule has 16 heavy (non-hydrogen) atoms. The van der Waals surface area contributed by atoms with E-state index in [0.717, 1.165) is 5.56 Å². The largest absolute Gasteiger partial charge is 0.340 e. The Morgan fingerprint density at radius 2 is 2.19 bits per heavy atom. The van der Waals surface area contributed by atoms with E-state index >= 15 is 0 Å². The minimum Gasteiger partial charge on any atom is -0.340 e. The van der Waals surface area contributed by atoms with Crippen LogP contribution in [0.5, 0.6) is 0 Å².